The predicted molar refractivity (Wildman–Crippen MR) is 90.8 cm³/mol. The van der Waals surface area contributed by atoms with Crippen LogP contribution in [0.5, 0.6) is 5.88 Å². The van der Waals surface area contributed by atoms with Crippen molar-refractivity contribution in [2.24, 2.45) is 19.1 Å². The molecule has 2 rings (SSSR count). The second kappa shape index (κ2) is 6.47. The standard InChI is InChI=1S/C14H15N3O4S2/c1-7-6-23-10(13(20)21-4)9(7)15-5-8-11(18)16(2)14(22)17(3)12(8)19/h5-6,18H,1-4H3. The summed E-state index contributed by atoms with van der Waals surface area (Å²) >= 11 is 6.25. The maximum atomic E-state index is 12.2. The van der Waals surface area contributed by atoms with Crippen LogP contribution < -0.4 is 5.56 Å². The van der Waals surface area contributed by atoms with Gasteiger partial charge in [0.2, 0.25) is 5.88 Å². The van der Waals surface area contributed by atoms with Crippen molar-refractivity contribution in [3.63, 3.8) is 0 Å². The van der Waals surface area contributed by atoms with E-state index < -0.39 is 11.5 Å². The highest BCUT2D eigenvalue weighted by Gasteiger charge is 2.17. The molecule has 0 amide bonds. The number of ether oxygens (including phenoxy) is 1. The normalized spacial score (nSPS) is 11.1. The minimum Gasteiger partial charge on any atom is -0.494 e. The Kier molecular flexibility index (Phi) is 4.81. The van der Waals surface area contributed by atoms with E-state index in [1.54, 1.807) is 19.4 Å². The zero-order chi connectivity index (χ0) is 17.3. The maximum Gasteiger partial charge on any atom is 0.350 e. The number of aromatic nitrogens is 2. The lowest BCUT2D eigenvalue weighted by molar-refractivity contribution is 0.0607. The predicted octanol–water partition coefficient (Wildman–Crippen LogP) is 2.07. The van der Waals surface area contributed by atoms with Crippen molar-refractivity contribution >= 4 is 41.4 Å². The highest BCUT2D eigenvalue weighted by atomic mass is 32.1. The number of hydrogen-bond acceptors (Lipinski definition) is 7. The fourth-order valence-corrected chi connectivity index (χ4v) is 3.02. The quantitative estimate of drug-likeness (QED) is 0.519. The molecule has 2 aromatic heterocycles. The summed E-state index contributed by atoms with van der Waals surface area (Å²) in [6.07, 6.45) is 1.23. The van der Waals surface area contributed by atoms with E-state index in [-0.39, 0.29) is 16.2 Å². The van der Waals surface area contributed by atoms with Crippen LogP contribution in [0.25, 0.3) is 0 Å². The van der Waals surface area contributed by atoms with Crippen LogP contribution in [0.3, 0.4) is 0 Å². The minimum absolute atomic E-state index is 0.00924. The molecule has 0 unspecified atom stereocenters. The number of aromatic hydroxyl groups is 1. The summed E-state index contributed by atoms with van der Waals surface area (Å²) in [4.78, 5) is 28.5. The Balaban J connectivity index is 2.60. The van der Waals surface area contributed by atoms with Gasteiger partial charge in [-0.25, -0.2) is 4.79 Å². The molecule has 2 aromatic rings. The van der Waals surface area contributed by atoms with Gasteiger partial charge in [0.1, 0.15) is 10.4 Å². The number of carbonyl (C=O) groups is 1. The molecule has 0 spiro atoms. The van der Waals surface area contributed by atoms with E-state index in [1.807, 2.05) is 0 Å². The van der Waals surface area contributed by atoms with Gasteiger partial charge in [-0.1, -0.05) is 0 Å². The molecule has 0 aliphatic rings. The summed E-state index contributed by atoms with van der Waals surface area (Å²) in [5.41, 5.74) is 0.701. The molecule has 23 heavy (non-hydrogen) atoms. The first-order valence-electron chi connectivity index (χ1n) is 6.49. The number of rotatable bonds is 3. The number of nitrogens with zero attached hydrogens (tertiary/aromatic N) is 3. The van der Waals surface area contributed by atoms with Gasteiger partial charge in [0.15, 0.2) is 4.77 Å². The van der Waals surface area contributed by atoms with Crippen LogP contribution in [0.4, 0.5) is 5.69 Å². The Morgan fingerprint density at radius 2 is 2.09 bits per heavy atom. The smallest absolute Gasteiger partial charge is 0.350 e. The molecule has 7 nitrogen and oxygen atoms in total. The number of thiophene rings is 1. The van der Waals surface area contributed by atoms with Gasteiger partial charge in [0.25, 0.3) is 5.56 Å². The summed E-state index contributed by atoms with van der Waals surface area (Å²) in [5, 5.41) is 11.9. The first-order valence-corrected chi connectivity index (χ1v) is 7.77. The van der Waals surface area contributed by atoms with Gasteiger partial charge in [-0.3, -0.25) is 18.9 Å². The summed E-state index contributed by atoms with van der Waals surface area (Å²) in [7, 11) is 4.34. The van der Waals surface area contributed by atoms with E-state index in [4.69, 9.17) is 17.0 Å². The van der Waals surface area contributed by atoms with Crippen molar-refractivity contribution in [3.8, 4) is 5.88 Å². The van der Waals surface area contributed by atoms with Crippen LogP contribution in [0.1, 0.15) is 20.8 Å². The molecule has 2 heterocycles. The van der Waals surface area contributed by atoms with E-state index in [1.165, 1.54) is 40.8 Å². The van der Waals surface area contributed by atoms with Crippen LogP contribution in [0, 0.1) is 11.7 Å². The summed E-state index contributed by atoms with van der Waals surface area (Å²) in [6.45, 7) is 1.79. The lowest BCUT2D eigenvalue weighted by Crippen LogP contribution is -2.25. The van der Waals surface area contributed by atoms with Gasteiger partial charge in [-0.15, -0.1) is 11.3 Å². The highest BCUT2D eigenvalue weighted by molar-refractivity contribution is 7.71. The second-order valence-corrected chi connectivity index (χ2v) is 6.03. The van der Waals surface area contributed by atoms with Gasteiger partial charge >= 0.3 is 5.97 Å². The summed E-state index contributed by atoms with van der Waals surface area (Å²) < 4.78 is 7.43. The van der Waals surface area contributed by atoms with Crippen molar-refractivity contribution in [2.75, 3.05) is 7.11 Å². The molecule has 0 fully saturated rings. The molecule has 0 bridgehead atoms. The number of esters is 1. The molecular weight excluding hydrogens is 338 g/mol. The van der Waals surface area contributed by atoms with Crippen molar-refractivity contribution in [1.82, 2.24) is 9.13 Å². The number of aliphatic imine (C=N–C) groups is 1. The Morgan fingerprint density at radius 3 is 2.70 bits per heavy atom. The topological polar surface area (TPSA) is 85.8 Å². The van der Waals surface area contributed by atoms with E-state index in [0.717, 1.165) is 5.56 Å². The summed E-state index contributed by atoms with van der Waals surface area (Å²) in [6, 6.07) is 0. The van der Waals surface area contributed by atoms with Crippen molar-refractivity contribution in [2.45, 2.75) is 6.92 Å². The Hall–Kier alpha value is -2.26. The van der Waals surface area contributed by atoms with E-state index in [9.17, 15) is 14.7 Å². The first kappa shape index (κ1) is 17.1. The zero-order valence-electron chi connectivity index (χ0n) is 13.0. The van der Waals surface area contributed by atoms with Crippen LogP contribution in [0.15, 0.2) is 15.2 Å². The average Bonchev–Trinajstić information content (AvgIpc) is 2.91. The third-order valence-electron chi connectivity index (χ3n) is 3.30. The number of methoxy groups -OCH3 is 1. The minimum atomic E-state index is -0.501. The van der Waals surface area contributed by atoms with Crippen molar-refractivity contribution < 1.29 is 14.6 Å². The molecule has 0 aromatic carbocycles. The van der Waals surface area contributed by atoms with Crippen molar-refractivity contribution in [1.29, 1.82) is 0 Å². The molecule has 0 saturated heterocycles. The van der Waals surface area contributed by atoms with Gasteiger partial charge in [0.05, 0.1) is 12.8 Å². The third kappa shape index (κ3) is 2.97. The number of carbonyl (C=O) groups excluding carboxylic acids is 1. The fraction of sp³-hybridized carbons (Fsp3) is 0.286. The van der Waals surface area contributed by atoms with Crippen molar-refractivity contribution in [3.05, 3.63) is 36.5 Å². The van der Waals surface area contributed by atoms with Crippen LogP contribution in [0.2, 0.25) is 0 Å². The Bertz CT molecular complexity index is 921. The Morgan fingerprint density at radius 1 is 1.43 bits per heavy atom. The molecule has 0 aliphatic heterocycles. The average molecular weight is 353 g/mol. The first-order chi connectivity index (χ1) is 10.8. The lowest BCUT2D eigenvalue weighted by atomic mass is 10.2. The van der Waals surface area contributed by atoms with Crippen LogP contribution in [-0.2, 0) is 18.8 Å². The molecular formula is C14H15N3O4S2. The van der Waals surface area contributed by atoms with E-state index >= 15 is 0 Å². The van der Waals surface area contributed by atoms with E-state index in [0.29, 0.717) is 10.6 Å². The molecule has 0 radical (unpaired) electrons. The SMILES string of the molecule is COC(=O)c1scc(C)c1N=Cc1c(O)n(C)c(=S)n(C)c1=O. The maximum absolute atomic E-state index is 12.2. The number of aryl methyl sites for hydroxylation is 1. The van der Waals surface area contributed by atoms with Crippen LogP contribution >= 0.6 is 23.6 Å². The lowest BCUT2D eigenvalue weighted by Gasteiger charge is -2.09. The molecule has 0 saturated carbocycles. The van der Waals surface area contributed by atoms with Gasteiger partial charge in [-0.2, -0.15) is 0 Å². The highest BCUT2D eigenvalue weighted by Crippen LogP contribution is 2.31. The molecule has 0 atom stereocenters. The second-order valence-electron chi connectivity index (χ2n) is 4.79. The zero-order valence-corrected chi connectivity index (χ0v) is 14.6. The van der Waals surface area contributed by atoms with Crippen LogP contribution in [-0.4, -0.2) is 33.5 Å². The molecule has 1 N–H and O–H groups in total. The largest absolute Gasteiger partial charge is 0.494 e. The monoisotopic (exact) mass is 353 g/mol. The summed E-state index contributed by atoms with van der Waals surface area (Å²) in [5.74, 6) is -0.784. The Labute approximate surface area is 141 Å². The van der Waals surface area contributed by atoms with Gasteiger partial charge in [-0.05, 0) is 30.1 Å². The third-order valence-corrected chi connectivity index (χ3v) is 4.92. The molecule has 122 valence electrons. The van der Waals surface area contributed by atoms with E-state index in [2.05, 4.69) is 4.99 Å². The van der Waals surface area contributed by atoms with Gasteiger partial charge in [0, 0.05) is 20.3 Å². The molecule has 9 heteroatoms. The van der Waals surface area contributed by atoms with Gasteiger partial charge < -0.3 is 9.84 Å². The molecule has 0 aliphatic carbocycles. The number of hydrogen-bond donors (Lipinski definition) is 1. The fourth-order valence-electron chi connectivity index (χ4n) is 1.94.